The molecule has 0 fully saturated rings. The SMILES string of the molecule is O=C(NC(=O)c1ccccc1Cl)Nc1ccccc1Oc1ccc(Cl)cc1Cl. The second-order valence-corrected chi connectivity index (χ2v) is 6.81. The van der Waals surface area contributed by atoms with Gasteiger partial charge in [0.2, 0.25) is 0 Å². The molecule has 28 heavy (non-hydrogen) atoms. The number of para-hydroxylation sites is 2. The fraction of sp³-hybridized carbons (Fsp3) is 0. The summed E-state index contributed by atoms with van der Waals surface area (Å²) < 4.78 is 5.77. The Bertz CT molecular complexity index is 1040. The van der Waals surface area contributed by atoms with Crippen LogP contribution in [0.3, 0.4) is 0 Å². The van der Waals surface area contributed by atoms with Gasteiger partial charge in [-0.1, -0.05) is 59.1 Å². The number of benzene rings is 3. The summed E-state index contributed by atoms with van der Waals surface area (Å²) in [4.78, 5) is 24.4. The highest BCUT2D eigenvalue weighted by atomic mass is 35.5. The number of hydrogen-bond acceptors (Lipinski definition) is 3. The minimum atomic E-state index is -0.733. The van der Waals surface area contributed by atoms with E-state index in [2.05, 4.69) is 10.6 Å². The van der Waals surface area contributed by atoms with Crippen LogP contribution in [0.1, 0.15) is 10.4 Å². The number of rotatable bonds is 4. The van der Waals surface area contributed by atoms with Gasteiger partial charge in [0.15, 0.2) is 5.75 Å². The van der Waals surface area contributed by atoms with Crippen LogP contribution in [-0.4, -0.2) is 11.9 Å². The number of urea groups is 1. The fourth-order valence-electron chi connectivity index (χ4n) is 2.30. The summed E-state index contributed by atoms with van der Waals surface area (Å²) in [5.41, 5.74) is 0.537. The zero-order valence-corrected chi connectivity index (χ0v) is 16.5. The molecule has 2 N–H and O–H groups in total. The van der Waals surface area contributed by atoms with Crippen molar-refractivity contribution in [2.24, 2.45) is 0 Å². The molecule has 0 aliphatic rings. The van der Waals surface area contributed by atoms with Gasteiger partial charge in [-0.15, -0.1) is 0 Å². The Morgan fingerprint density at radius 2 is 1.50 bits per heavy atom. The summed E-state index contributed by atoms with van der Waals surface area (Å²) in [6, 6.07) is 17.2. The minimum absolute atomic E-state index is 0.191. The molecule has 0 unspecified atom stereocenters. The highest BCUT2D eigenvalue weighted by Crippen LogP contribution is 2.34. The van der Waals surface area contributed by atoms with Crippen molar-refractivity contribution in [2.75, 3.05) is 5.32 Å². The number of carbonyl (C=O) groups is 2. The molecule has 3 rings (SSSR count). The molecule has 0 bridgehead atoms. The zero-order chi connectivity index (χ0) is 20.1. The molecule has 8 heteroatoms. The van der Waals surface area contributed by atoms with Crippen LogP contribution >= 0.6 is 34.8 Å². The number of imide groups is 1. The van der Waals surface area contributed by atoms with E-state index in [0.29, 0.717) is 27.2 Å². The molecule has 0 atom stereocenters. The van der Waals surface area contributed by atoms with Gasteiger partial charge in [0.25, 0.3) is 5.91 Å². The third-order valence-corrected chi connectivity index (χ3v) is 4.45. The largest absolute Gasteiger partial charge is 0.454 e. The first kappa shape index (κ1) is 20.0. The summed E-state index contributed by atoms with van der Waals surface area (Å²) in [5.74, 6) is 0.0854. The maximum absolute atomic E-state index is 12.2. The standard InChI is InChI=1S/C20H13Cl3N2O3/c21-12-9-10-17(15(23)11-12)28-18-8-4-3-7-16(18)24-20(27)25-19(26)13-5-1-2-6-14(13)22/h1-11H,(H2,24,25,26,27). The van der Waals surface area contributed by atoms with Crippen molar-refractivity contribution in [3.63, 3.8) is 0 Å². The van der Waals surface area contributed by atoms with Crippen molar-refractivity contribution in [1.29, 1.82) is 0 Å². The smallest absolute Gasteiger partial charge is 0.326 e. The number of ether oxygens (including phenoxy) is 1. The topological polar surface area (TPSA) is 67.4 Å². The van der Waals surface area contributed by atoms with E-state index in [4.69, 9.17) is 39.5 Å². The van der Waals surface area contributed by atoms with Crippen molar-refractivity contribution in [3.05, 3.63) is 87.4 Å². The summed E-state index contributed by atoms with van der Waals surface area (Å²) >= 11 is 18.0. The van der Waals surface area contributed by atoms with Crippen LogP contribution in [0.15, 0.2) is 66.7 Å². The van der Waals surface area contributed by atoms with E-state index in [1.165, 1.54) is 6.07 Å². The van der Waals surface area contributed by atoms with Crippen LogP contribution in [0.4, 0.5) is 10.5 Å². The molecular weight excluding hydrogens is 423 g/mol. The lowest BCUT2D eigenvalue weighted by Crippen LogP contribution is -2.34. The van der Waals surface area contributed by atoms with Gasteiger partial charge < -0.3 is 10.1 Å². The average molecular weight is 436 g/mol. The van der Waals surface area contributed by atoms with Gasteiger partial charge in [0.05, 0.1) is 21.3 Å². The summed E-state index contributed by atoms with van der Waals surface area (Å²) in [5, 5.41) is 5.83. The number of anilines is 1. The Kier molecular flexibility index (Phi) is 6.41. The lowest BCUT2D eigenvalue weighted by atomic mass is 10.2. The maximum atomic E-state index is 12.2. The van der Waals surface area contributed by atoms with Gasteiger partial charge in [0.1, 0.15) is 5.75 Å². The van der Waals surface area contributed by atoms with Crippen LogP contribution in [0.25, 0.3) is 0 Å². The summed E-state index contributed by atoms with van der Waals surface area (Å²) in [6.07, 6.45) is 0. The minimum Gasteiger partial charge on any atom is -0.454 e. The van der Waals surface area contributed by atoms with Gasteiger partial charge in [0, 0.05) is 5.02 Å². The first-order valence-electron chi connectivity index (χ1n) is 8.03. The van der Waals surface area contributed by atoms with Crippen molar-refractivity contribution in [1.82, 2.24) is 5.32 Å². The Hall–Kier alpha value is -2.73. The molecule has 3 amide bonds. The second kappa shape index (κ2) is 8.97. The van der Waals surface area contributed by atoms with E-state index in [1.807, 2.05) is 0 Å². The highest BCUT2D eigenvalue weighted by molar-refractivity contribution is 6.35. The van der Waals surface area contributed by atoms with E-state index in [-0.39, 0.29) is 10.6 Å². The van der Waals surface area contributed by atoms with Gasteiger partial charge in [-0.05, 0) is 42.5 Å². The lowest BCUT2D eigenvalue weighted by molar-refractivity contribution is 0.0967. The van der Waals surface area contributed by atoms with Crippen molar-refractivity contribution < 1.29 is 14.3 Å². The van der Waals surface area contributed by atoms with Crippen LogP contribution < -0.4 is 15.4 Å². The Balaban J connectivity index is 1.73. The maximum Gasteiger partial charge on any atom is 0.326 e. The number of amides is 3. The van der Waals surface area contributed by atoms with E-state index >= 15 is 0 Å². The monoisotopic (exact) mass is 434 g/mol. The molecule has 0 aliphatic heterocycles. The molecule has 0 aliphatic carbocycles. The number of halogens is 3. The second-order valence-electron chi connectivity index (χ2n) is 5.56. The normalized spacial score (nSPS) is 10.2. The van der Waals surface area contributed by atoms with Crippen molar-refractivity contribution in [3.8, 4) is 11.5 Å². The molecule has 3 aromatic rings. The molecule has 0 spiro atoms. The van der Waals surface area contributed by atoms with Crippen molar-refractivity contribution in [2.45, 2.75) is 0 Å². The molecule has 0 heterocycles. The number of nitrogens with one attached hydrogen (secondary N) is 2. The third-order valence-electron chi connectivity index (χ3n) is 3.59. The highest BCUT2D eigenvalue weighted by Gasteiger charge is 2.15. The number of carbonyl (C=O) groups excluding carboxylic acids is 2. The van der Waals surface area contributed by atoms with E-state index in [1.54, 1.807) is 60.7 Å². The lowest BCUT2D eigenvalue weighted by Gasteiger charge is -2.13. The first-order valence-corrected chi connectivity index (χ1v) is 9.16. The van der Waals surface area contributed by atoms with E-state index in [0.717, 1.165) is 0 Å². The predicted octanol–water partition coefficient (Wildman–Crippen LogP) is 6.40. The summed E-state index contributed by atoms with van der Waals surface area (Å²) in [6.45, 7) is 0. The third kappa shape index (κ3) is 4.95. The Labute approximate surface area is 176 Å². The van der Waals surface area contributed by atoms with Gasteiger partial charge in [-0.25, -0.2) is 4.79 Å². The first-order chi connectivity index (χ1) is 13.4. The summed E-state index contributed by atoms with van der Waals surface area (Å²) in [7, 11) is 0. The molecule has 0 saturated heterocycles. The van der Waals surface area contributed by atoms with Crippen LogP contribution in [0, 0.1) is 0 Å². The van der Waals surface area contributed by atoms with Crippen molar-refractivity contribution >= 4 is 52.4 Å². The molecule has 0 radical (unpaired) electrons. The molecule has 0 saturated carbocycles. The van der Waals surface area contributed by atoms with Crippen LogP contribution in [-0.2, 0) is 0 Å². The molecular formula is C20H13Cl3N2O3. The van der Waals surface area contributed by atoms with Gasteiger partial charge >= 0.3 is 6.03 Å². The van der Waals surface area contributed by atoms with Crippen LogP contribution in [0.5, 0.6) is 11.5 Å². The molecule has 0 aromatic heterocycles. The number of hydrogen-bond donors (Lipinski definition) is 2. The molecule has 3 aromatic carbocycles. The Morgan fingerprint density at radius 1 is 0.786 bits per heavy atom. The van der Waals surface area contributed by atoms with E-state index < -0.39 is 11.9 Å². The van der Waals surface area contributed by atoms with Gasteiger partial charge in [-0.2, -0.15) is 0 Å². The van der Waals surface area contributed by atoms with Crippen LogP contribution in [0.2, 0.25) is 15.1 Å². The van der Waals surface area contributed by atoms with Gasteiger partial charge in [-0.3, -0.25) is 10.1 Å². The zero-order valence-electron chi connectivity index (χ0n) is 14.2. The fourth-order valence-corrected chi connectivity index (χ4v) is 2.97. The quantitative estimate of drug-likeness (QED) is 0.498. The molecule has 142 valence electrons. The predicted molar refractivity (Wildman–Crippen MR) is 111 cm³/mol. The Morgan fingerprint density at radius 3 is 2.25 bits per heavy atom. The van der Waals surface area contributed by atoms with E-state index in [9.17, 15) is 9.59 Å². The molecule has 5 nitrogen and oxygen atoms in total. The average Bonchev–Trinajstić information content (AvgIpc) is 2.65.